The highest BCUT2D eigenvalue weighted by atomic mass is 35.5. The van der Waals surface area contributed by atoms with E-state index in [4.69, 9.17) is 16.3 Å². The lowest BCUT2D eigenvalue weighted by atomic mass is 10.0. The molecule has 2 unspecified atom stereocenters. The molecule has 35 heavy (non-hydrogen) atoms. The Morgan fingerprint density at radius 1 is 0.971 bits per heavy atom. The molecule has 3 aromatic carbocycles. The van der Waals surface area contributed by atoms with Crippen molar-refractivity contribution in [1.82, 2.24) is 10.2 Å². The summed E-state index contributed by atoms with van der Waals surface area (Å²) in [5.41, 5.74) is 2.60. The van der Waals surface area contributed by atoms with Crippen LogP contribution in [0.2, 0.25) is 5.02 Å². The second kappa shape index (κ2) is 13.0. The van der Waals surface area contributed by atoms with Crippen LogP contribution < -0.4 is 10.1 Å². The molecule has 1 N–H and O–H groups in total. The number of nitrogens with one attached hydrogen (secondary N) is 1. The number of hydrogen-bond donors (Lipinski definition) is 1. The largest absolute Gasteiger partial charge is 0.497 e. The zero-order valence-corrected chi connectivity index (χ0v) is 21.3. The third-order valence-electron chi connectivity index (χ3n) is 6.06. The molecule has 0 radical (unpaired) electrons. The van der Waals surface area contributed by atoms with Crippen LogP contribution in [-0.4, -0.2) is 35.9 Å². The Morgan fingerprint density at radius 3 is 2.34 bits per heavy atom. The smallest absolute Gasteiger partial charge is 0.243 e. The predicted molar refractivity (Wildman–Crippen MR) is 141 cm³/mol. The van der Waals surface area contributed by atoms with Gasteiger partial charge in [-0.25, -0.2) is 0 Å². The summed E-state index contributed by atoms with van der Waals surface area (Å²) in [5.74, 6) is 0.365. The van der Waals surface area contributed by atoms with Crippen molar-refractivity contribution >= 4 is 23.4 Å². The second-order valence-corrected chi connectivity index (χ2v) is 9.07. The van der Waals surface area contributed by atoms with Crippen molar-refractivity contribution in [2.45, 2.75) is 51.7 Å². The SMILES string of the molecule is CCC(C)NC(=O)C(Cc1ccccc1)N(Cc1cccc(OC)c1)C(=O)Cc1ccccc1Cl. The summed E-state index contributed by atoms with van der Waals surface area (Å²) < 4.78 is 5.38. The van der Waals surface area contributed by atoms with Crippen molar-refractivity contribution in [3.05, 3.63) is 101 Å². The molecule has 0 bridgehead atoms. The lowest BCUT2D eigenvalue weighted by Crippen LogP contribution is -2.52. The lowest BCUT2D eigenvalue weighted by molar-refractivity contribution is -0.141. The van der Waals surface area contributed by atoms with Gasteiger partial charge in [-0.3, -0.25) is 9.59 Å². The van der Waals surface area contributed by atoms with Crippen molar-refractivity contribution in [3.8, 4) is 5.75 Å². The number of nitrogens with zero attached hydrogens (tertiary/aromatic N) is 1. The van der Waals surface area contributed by atoms with Crippen LogP contribution in [0.25, 0.3) is 0 Å². The van der Waals surface area contributed by atoms with Gasteiger partial charge in [-0.2, -0.15) is 0 Å². The molecule has 0 aliphatic rings. The number of benzene rings is 3. The Hall–Kier alpha value is -3.31. The van der Waals surface area contributed by atoms with Crippen molar-refractivity contribution in [3.63, 3.8) is 0 Å². The molecule has 0 heterocycles. The average Bonchev–Trinajstić information content (AvgIpc) is 2.88. The van der Waals surface area contributed by atoms with Gasteiger partial charge in [-0.15, -0.1) is 0 Å². The maximum absolute atomic E-state index is 13.8. The Kier molecular flexibility index (Phi) is 9.74. The van der Waals surface area contributed by atoms with Crippen LogP contribution in [0.5, 0.6) is 5.75 Å². The van der Waals surface area contributed by atoms with Gasteiger partial charge < -0.3 is 15.0 Å². The highest BCUT2D eigenvalue weighted by Crippen LogP contribution is 2.21. The van der Waals surface area contributed by atoms with Crippen LogP contribution in [0.3, 0.4) is 0 Å². The summed E-state index contributed by atoms with van der Waals surface area (Å²) in [6, 6.07) is 24.0. The third kappa shape index (κ3) is 7.59. The molecule has 0 aromatic heterocycles. The summed E-state index contributed by atoms with van der Waals surface area (Å²) in [4.78, 5) is 29.0. The van der Waals surface area contributed by atoms with E-state index in [0.717, 1.165) is 23.1 Å². The van der Waals surface area contributed by atoms with E-state index in [1.165, 1.54) is 0 Å². The summed E-state index contributed by atoms with van der Waals surface area (Å²) in [5, 5.41) is 3.62. The number of carbonyl (C=O) groups is 2. The first-order valence-corrected chi connectivity index (χ1v) is 12.3. The molecule has 0 aliphatic heterocycles. The van der Waals surface area contributed by atoms with Crippen molar-refractivity contribution in [1.29, 1.82) is 0 Å². The molecular weight excluding hydrogens is 460 g/mol. The minimum atomic E-state index is -0.687. The third-order valence-corrected chi connectivity index (χ3v) is 6.43. The number of hydrogen-bond acceptors (Lipinski definition) is 3. The molecule has 3 rings (SSSR count). The van der Waals surface area contributed by atoms with Gasteiger partial charge in [0.05, 0.1) is 13.5 Å². The predicted octanol–water partition coefficient (Wildman–Crippen LogP) is 5.45. The normalized spacial score (nSPS) is 12.5. The van der Waals surface area contributed by atoms with Gasteiger partial charge in [0.15, 0.2) is 0 Å². The molecule has 0 spiro atoms. The van der Waals surface area contributed by atoms with Gasteiger partial charge in [0.2, 0.25) is 11.8 Å². The zero-order valence-electron chi connectivity index (χ0n) is 20.5. The second-order valence-electron chi connectivity index (χ2n) is 8.66. The maximum Gasteiger partial charge on any atom is 0.243 e. The molecule has 6 heteroatoms. The first-order valence-electron chi connectivity index (χ1n) is 11.9. The Morgan fingerprint density at radius 2 is 1.66 bits per heavy atom. The molecule has 5 nitrogen and oxygen atoms in total. The molecule has 2 amide bonds. The lowest BCUT2D eigenvalue weighted by Gasteiger charge is -2.32. The highest BCUT2D eigenvalue weighted by Gasteiger charge is 2.31. The first-order chi connectivity index (χ1) is 16.9. The van der Waals surface area contributed by atoms with Crippen molar-refractivity contribution in [2.24, 2.45) is 0 Å². The fraction of sp³-hybridized carbons (Fsp3) is 0.310. The van der Waals surface area contributed by atoms with Gasteiger partial charge in [0.1, 0.15) is 11.8 Å². The number of carbonyl (C=O) groups excluding carboxylic acids is 2. The van der Waals surface area contributed by atoms with Crippen LogP contribution in [-0.2, 0) is 29.0 Å². The van der Waals surface area contributed by atoms with Gasteiger partial charge in [0, 0.05) is 24.0 Å². The molecule has 3 aromatic rings. The van der Waals surface area contributed by atoms with Crippen molar-refractivity contribution < 1.29 is 14.3 Å². The Balaban J connectivity index is 1.99. The Labute approximate surface area is 213 Å². The van der Waals surface area contributed by atoms with E-state index >= 15 is 0 Å². The monoisotopic (exact) mass is 492 g/mol. The van der Waals surface area contributed by atoms with E-state index in [2.05, 4.69) is 5.32 Å². The Bertz CT molecular complexity index is 1120. The zero-order chi connectivity index (χ0) is 25.2. The average molecular weight is 493 g/mol. The van der Waals surface area contributed by atoms with Crippen molar-refractivity contribution in [2.75, 3.05) is 7.11 Å². The van der Waals surface area contributed by atoms with E-state index in [0.29, 0.717) is 17.2 Å². The number of ether oxygens (including phenoxy) is 1. The summed E-state index contributed by atoms with van der Waals surface area (Å²) in [6.45, 7) is 4.26. The quantitative estimate of drug-likeness (QED) is 0.387. The summed E-state index contributed by atoms with van der Waals surface area (Å²) in [7, 11) is 1.61. The van der Waals surface area contributed by atoms with Crippen LogP contribution in [0.15, 0.2) is 78.9 Å². The number of methoxy groups -OCH3 is 1. The maximum atomic E-state index is 13.8. The van der Waals surface area contributed by atoms with Crippen LogP contribution in [0.4, 0.5) is 0 Å². The van der Waals surface area contributed by atoms with Gasteiger partial charge in [-0.05, 0) is 48.2 Å². The summed E-state index contributed by atoms with van der Waals surface area (Å²) >= 11 is 6.37. The van der Waals surface area contributed by atoms with Crippen LogP contribution in [0, 0.1) is 0 Å². The molecule has 0 fully saturated rings. The van der Waals surface area contributed by atoms with E-state index < -0.39 is 6.04 Å². The van der Waals surface area contributed by atoms with E-state index in [1.54, 1.807) is 18.1 Å². The first kappa shape index (κ1) is 26.3. The molecule has 0 saturated heterocycles. The topological polar surface area (TPSA) is 58.6 Å². The highest BCUT2D eigenvalue weighted by molar-refractivity contribution is 6.31. The minimum absolute atomic E-state index is 0.00175. The van der Waals surface area contributed by atoms with Gasteiger partial charge in [-0.1, -0.05) is 79.2 Å². The standard InChI is InChI=1S/C29H33ClN2O3/c1-4-21(2)31-29(34)27(18-22-11-6-5-7-12-22)32(20-23-13-10-15-25(17-23)35-3)28(33)19-24-14-8-9-16-26(24)30/h5-17,21,27H,4,18-20H2,1-3H3,(H,31,34). The number of halogens is 1. The molecule has 0 aliphatic carbocycles. The molecule has 0 saturated carbocycles. The van der Waals surface area contributed by atoms with Crippen LogP contribution >= 0.6 is 11.6 Å². The molecule has 2 atom stereocenters. The van der Waals surface area contributed by atoms with Crippen LogP contribution in [0.1, 0.15) is 37.0 Å². The molecule has 184 valence electrons. The fourth-order valence-corrected chi connectivity index (χ4v) is 4.07. The van der Waals surface area contributed by atoms with E-state index in [1.807, 2.05) is 86.6 Å². The minimum Gasteiger partial charge on any atom is -0.497 e. The number of rotatable bonds is 11. The number of amides is 2. The van der Waals surface area contributed by atoms with E-state index in [-0.39, 0.29) is 30.8 Å². The fourth-order valence-electron chi connectivity index (χ4n) is 3.87. The molecular formula is C29H33ClN2O3. The van der Waals surface area contributed by atoms with Gasteiger partial charge >= 0.3 is 0 Å². The van der Waals surface area contributed by atoms with E-state index in [9.17, 15) is 9.59 Å². The summed E-state index contributed by atoms with van der Waals surface area (Å²) in [6.07, 6.45) is 1.31. The van der Waals surface area contributed by atoms with Gasteiger partial charge in [0.25, 0.3) is 0 Å².